The number of rotatable bonds is 5. The summed E-state index contributed by atoms with van der Waals surface area (Å²) in [5.41, 5.74) is 4.09. The molecule has 150 valence electrons. The maximum atomic E-state index is 10.3. The van der Waals surface area contributed by atoms with Crippen molar-refractivity contribution >= 4 is 0 Å². The molecule has 2 aromatic rings. The quantitative estimate of drug-likeness (QED) is 0.822. The smallest absolute Gasteiger partial charge is 0.184 e. The second-order valence-corrected chi connectivity index (χ2v) is 7.44. The van der Waals surface area contributed by atoms with E-state index in [1.54, 1.807) is 0 Å². The highest BCUT2D eigenvalue weighted by molar-refractivity contribution is 5.24. The number of hydrogen-bond donors (Lipinski definition) is 2. The normalized spacial score (nSPS) is 31.2. The summed E-state index contributed by atoms with van der Waals surface area (Å²) in [6.45, 7) is 3.94. The van der Waals surface area contributed by atoms with E-state index >= 15 is 0 Å². The summed E-state index contributed by atoms with van der Waals surface area (Å²) in [6.07, 6.45) is -3.85. The molecule has 28 heavy (non-hydrogen) atoms. The average Bonchev–Trinajstić information content (AvgIpc) is 3.36. The first kappa shape index (κ1) is 19.5. The first-order valence-corrected chi connectivity index (χ1v) is 9.55. The second kappa shape index (κ2) is 8.29. The molecule has 2 aliphatic rings. The van der Waals surface area contributed by atoms with Crippen molar-refractivity contribution in [2.75, 3.05) is 13.2 Å². The Hall–Kier alpha value is -1.80. The van der Waals surface area contributed by atoms with Gasteiger partial charge in [-0.25, -0.2) is 0 Å². The van der Waals surface area contributed by atoms with E-state index in [0.29, 0.717) is 6.61 Å². The van der Waals surface area contributed by atoms with Gasteiger partial charge < -0.3 is 29.2 Å². The lowest BCUT2D eigenvalue weighted by molar-refractivity contribution is -0.107. The van der Waals surface area contributed by atoms with Crippen LogP contribution >= 0.6 is 0 Å². The van der Waals surface area contributed by atoms with Gasteiger partial charge in [0.15, 0.2) is 12.6 Å². The van der Waals surface area contributed by atoms with Gasteiger partial charge in [0.05, 0.1) is 13.2 Å². The van der Waals surface area contributed by atoms with Crippen LogP contribution in [0.25, 0.3) is 0 Å². The fourth-order valence-corrected chi connectivity index (χ4v) is 3.56. The third-order valence-electron chi connectivity index (χ3n) is 5.23. The summed E-state index contributed by atoms with van der Waals surface area (Å²) in [6, 6.07) is 15.8. The lowest BCUT2D eigenvalue weighted by Crippen LogP contribution is -2.44. The van der Waals surface area contributed by atoms with Crippen LogP contribution in [0.2, 0.25) is 0 Å². The Kier molecular flexibility index (Phi) is 5.78. The molecule has 0 amide bonds. The number of benzene rings is 2. The van der Waals surface area contributed by atoms with Crippen molar-refractivity contribution in [1.82, 2.24) is 0 Å². The Balaban J connectivity index is 1.49. The van der Waals surface area contributed by atoms with Gasteiger partial charge in [0, 0.05) is 11.1 Å². The Morgan fingerprint density at radius 2 is 1.43 bits per heavy atom. The van der Waals surface area contributed by atoms with Crippen molar-refractivity contribution in [3.05, 3.63) is 70.8 Å². The molecule has 0 aliphatic carbocycles. The fourth-order valence-electron chi connectivity index (χ4n) is 3.56. The molecular formula is C22H26O6. The standard InChI is InChI=1S/C22H26O6/c1-13-3-7-15(8-4-13)21-25-12-18(26-21)20-19(17(24)11-23)27-22(28-20)16-9-5-14(2)6-10-16/h3-10,17-24H,11-12H2,1-2H3/t17-,18+,19-,20-,21?,22?/m1/s1. The first-order chi connectivity index (χ1) is 13.5. The highest BCUT2D eigenvalue weighted by Gasteiger charge is 2.48. The van der Waals surface area contributed by atoms with Gasteiger partial charge in [-0.3, -0.25) is 0 Å². The van der Waals surface area contributed by atoms with Crippen LogP contribution in [0.3, 0.4) is 0 Å². The third kappa shape index (κ3) is 3.98. The van der Waals surface area contributed by atoms with Gasteiger partial charge in [-0.05, 0) is 13.8 Å². The molecule has 4 rings (SSSR count). The maximum absolute atomic E-state index is 10.3. The van der Waals surface area contributed by atoms with Gasteiger partial charge in [0.2, 0.25) is 0 Å². The van der Waals surface area contributed by atoms with Crippen LogP contribution in [-0.4, -0.2) is 47.8 Å². The van der Waals surface area contributed by atoms with Crippen LogP contribution in [0, 0.1) is 13.8 Å². The number of aliphatic hydroxyl groups excluding tert-OH is 2. The molecule has 2 unspecified atom stereocenters. The van der Waals surface area contributed by atoms with E-state index in [0.717, 1.165) is 22.3 Å². The molecule has 2 heterocycles. The molecule has 0 aromatic heterocycles. The molecule has 0 saturated carbocycles. The number of aryl methyl sites for hydroxylation is 2. The lowest BCUT2D eigenvalue weighted by atomic mass is 10.0. The van der Waals surface area contributed by atoms with Gasteiger partial charge in [-0.2, -0.15) is 0 Å². The van der Waals surface area contributed by atoms with E-state index in [1.165, 1.54) is 0 Å². The number of hydrogen-bond acceptors (Lipinski definition) is 6. The molecule has 2 fully saturated rings. The van der Waals surface area contributed by atoms with E-state index in [-0.39, 0.29) is 0 Å². The molecule has 6 atom stereocenters. The minimum Gasteiger partial charge on any atom is -0.394 e. The van der Waals surface area contributed by atoms with Crippen LogP contribution in [-0.2, 0) is 18.9 Å². The highest BCUT2D eigenvalue weighted by atomic mass is 16.8. The van der Waals surface area contributed by atoms with Crippen molar-refractivity contribution in [3.63, 3.8) is 0 Å². The Morgan fingerprint density at radius 1 is 0.857 bits per heavy atom. The summed E-state index contributed by atoms with van der Waals surface area (Å²) in [7, 11) is 0. The Labute approximate surface area is 164 Å². The Bertz CT molecular complexity index is 775. The van der Waals surface area contributed by atoms with Crippen LogP contribution in [0.15, 0.2) is 48.5 Å². The van der Waals surface area contributed by atoms with Gasteiger partial charge in [-0.15, -0.1) is 0 Å². The van der Waals surface area contributed by atoms with E-state index in [9.17, 15) is 10.2 Å². The molecule has 2 N–H and O–H groups in total. The topological polar surface area (TPSA) is 77.4 Å². The lowest BCUT2D eigenvalue weighted by Gasteiger charge is -2.24. The molecule has 2 aromatic carbocycles. The van der Waals surface area contributed by atoms with Crippen molar-refractivity contribution in [1.29, 1.82) is 0 Å². The van der Waals surface area contributed by atoms with Crippen molar-refractivity contribution in [3.8, 4) is 0 Å². The molecular weight excluding hydrogens is 360 g/mol. The van der Waals surface area contributed by atoms with Crippen LogP contribution < -0.4 is 0 Å². The minimum atomic E-state index is -1.07. The van der Waals surface area contributed by atoms with E-state index in [1.807, 2.05) is 62.4 Å². The monoisotopic (exact) mass is 386 g/mol. The zero-order valence-corrected chi connectivity index (χ0v) is 16.0. The summed E-state index contributed by atoms with van der Waals surface area (Å²) in [4.78, 5) is 0. The minimum absolute atomic E-state index is 0.321. The molecule has 0 radical (unpaired) electrons. The first-order valence-electron chi connectivity index (χ1n) is 9.55. The predicted octanol–water partition coefficient (Wildman–Crippen LogP) is 2.55. The van der Waals surface area contributed by atoms with Crippen LogP contribution in [0.4, 0.5) is 0 Å². The van der Waals surface area contributed by atoms with Gasteiger partial charge in [0.25, 0.3) is 0 Å². The largest absolute Gasteiger partial charge is 0.394 e. The van der Waals surface area contributed by atoms with E-state index in [4.69, 9.17) is 18.9 Å². The zero-order chi connectivity index (χ0) is 19.7. The Morgan fingerprint density at radius 3 is 2.00 bits per heavy atom. The van der Waals surface area contributed by atoms with E-state index in [2.05, 4.69) is 0 Å². The zero-order valence-electron chi connectivity index (χ0n) is 16.0. The third-order valence-corrected chi connectivity index (χ3v) is 5.23. The van der Waals surface area contributed by atoms with Gasteiger partial charge in [0.1, 0.15) is 24.4 Å². The van der Waals surface area contributed by atoms with Crippen molar-refractivity contribution in [2.24, 2.45) is 0 Å². The fraction of sp³-hybridized carbons (Fsp3) is 0.455. The molecule has 2 saturated heterocycles. The van der Waals surface area contributed by atoms with Crippen LogP contribution in [0.1, 0.15) is 34.8 Å². The summed E-state index contributed by atoms with van der Waals surface area (Å²) in [5.74, 6) is 0. The molecule has 0 spiro atoms. The van der Waals surface area contributed by atoms with Crippen LogP contribution in [0.5, 0.6) is 0 Å². The molecule has 6 nitrogen and oxygen atoms in total. The van der Waals surface area contributed by atoms with Gasteiger partial charge >= 0.3 is 0 Å². The number of aliphatic hydroxyl groups is 2. The number of ether oxygens (including phenoxy) is 4. The molecule has 2 aliphatic heterocycles. The second-order valence-electron chi connectivity index (χ2n) is 7.44. The highest BCUT2D eigenvalue weighted by Crippen LogP contribution is 2.39. The maximum Gasteiger partial charge on any atom is 0.184 e. The summed E-state index contributed by atoms with van der Waals surface area (Å²) in [5, 5.41) is 19.7. The van der Waals surface area contributed by atoms with Gasteiger partial charge in [-0.1, -0.05) is 59.7 Å². The molecule has 0 bridgehead atoms. The predicted molar refractivity (Wildman–Crippen MR) is 102 cm³/mol. The average molecular weight is 386 g/mol. The summed E-state index contributed by atoms with van der Waals surface area (Å²) >= 11 is 0. The molecule has 6 heteroatoms. The summed E-state index contributed by atoms with van der Waals surface area (Å²) < 4.78 is 24.0. The SMILES string of the molecule is Cc1ccc(C2O[C@H]([C@H](O)CO)[C@@H]([C@@H]3COC(c4ccc(C)cc4)O3)O2)cc1. The van der Waals surface area contributed by atoms with Crippen molar-refractivity contribution < 1.29 is 29.2 Å². The van der Waals surface area contributed by atoms with E-state index < -0.39 is 43.6 Å². The van der Waals surface area contributed by atoms with Crippen molar-refractivity contribution in [2.45, 2.75) is 50.8 Å².